The molecule has 1 saturated heterocycles. The number of aromatic nitrogens is 2. The molecule has 0 aliphatic carbocycles. The molecule has 1 aliphatic heterocycles. The number of ether oxygens (including phenoxy) is 1. The Morgan fingerprint density at radius 3 is 2.58 bits per heavy atom. The van der Waals surface area contributed by atoms with Gasteiger partial charge >= 0.3 is 0 Å². The Hall–Kier alpha value is -2.31. The summed E-state index contributed by atoms with van der Waals surface area (Å²) in [6.45, 7) is 2.71. The summed E-state index contributed by atoms with van der Waals surface area (Å²) in [4.78, 5) is 11.7. The first kappa shape index (κ1) is 17.1. The third-order valence-corrected chi connectivity index (χ3v) is 5.71. The molecule has 1 aliphatic rings. The fraction of sp³-hybridized carbons (Fsp3) is 0.300. The summed E-state index contributed by atoms with van der Waals surface area (Å²) in [6, 6.07) is 15.3. The summed E-state index contributed by atoms with van der Waals surface area (Å²) in [7, 11) is 1.63. The number of hydrogen-bond acceptors (Lipinski definition) is 6. The van der Waals surface area contributed by atoms with Gasteiger partial charge in [0, 0.05) is 17.7 Å². The van der Waals surface area contributed by atoms with E-state index in [1.807, 2.05) is 60.3 Å². The van der Waals surface area contributed by atoms with E-state index >= 15 is 0 Å². The van der Waals surface area contributed by atoms with Gasteiger partial charge in [0.2, 0.25) is 5.95 Å². The molecule has 1 atom stereocenters. The van der Waals surface area contributed by atoms with Crippen LogP contribution in [0.3, 0.4) is 0 Å². The van der Waals surface area contributed by atoms with Gasteiger partial charge in [0.1, 0.15) is 11.4 Å². The Bertz CT molecular complexity index is 922. The molecule has 3 aromatic rings. The van der Waals surface area contributed by atoms with Crippen LogP contribution in [0.25, 0.3) is 10.9 Å². The van der Waals surface area contributed by atoms with Crippen molar-refractivity contribution in [1.29, 1.82) is 0 Å². The quantitative estimate of drug-likeness (QED) is 0.763. The smallest absolute Gasteiger partial charge is 0.226 e. The summed E-state index contributed by atoms with van der Waals surface area (Å²) in [5, 5.41) is 12.3. The van der Waals surface area contributed by atoms with Crippen molar-refractivity contribution in [1.82, 2.24) is 9.97 Å². The fourth-order valence-corrected chi connectivity index (χ4v) is 4.14. The van der Waals surface area contributed by atoms with E-state index < -0.39 is 5.60 Å². The van der Waals surface area contributed by atoms with Crippen LogP contribution in [-0.4, -0.2) is 40.4 Å². The molecule has 2 aromatic carbocycles. The highest BCUT2D eigenvalue weighted by Crippen LogP contribution is 2.35. The van der Waals surface area contributed by atoms with Gasteiger partial charge in [-0.1, -0.05) is 30.3 Å². The van der Waals surface area contributed by atoms with Gasteiger partial charge in [-0.15, -0.1) is 11.8 Å². The average molecular weight is 367 g/mol. The van der Waals surface area contributed by atoms with Gasteiger partial charge in [0.05, 0.1) is 24.2 Å². The van der Waals surface area contributed by atoms with Crippen LogP contribution in [0.5, 0.6) is 5.75 Å². The van der Waals surface area contributed by atoms with Crippen molar-refractivity contribution >= 4 is 28.6 Å². The van der Waals surface area contributed by atoms with E-state index in [2.05, 4.69) is 4.90 Å². The van der Waals surface area contributed by atoms with Crippen molar-refractivity contribution in [3.05, 3.63) is 59.8 Å². The fourth-order valence-electron chi connectivity index (χ4n) is 3.20. The molecule has 6 heteroatoms. The lowest BCUT2D eigenvalue weighted by molar-refractivity contribution is 0.0991. The van der Waals surface area contributed by atoms with Gasteiger partial charge in [0.25, 0.3) is 0 Å². The first-order valence-electron chi connectivity index (χ1n) is 8.56. The Morgan fingerprint density at radius 2 is 1.88 bits per heavy atom. The first-order valence-corrected chi connectivity index (χ1v) is 9.72. The zero-order valence-corrected chi connectivity index (χ0v) is 15.7. The molecule has 0 radical (unpaired) electrons. The highest BCUT2D eigenvalue weighted by atomic mass is 32.2. The van der Waals surface area contributed by atoms with Crippen molar-refractivity contribution in [2.24, 2.45) is 0 Å². The summed E-state index contributed by atoms with van der Waals surface area (Å²) in [6.07, 6.45) is 0. The van der Waals surface area contributed by atoms with Crippen LogP contribution in [0.2, 0.25) is 0 Å². The summed E-state index contributed by atoms with van der Waals surface area (Å²) in [5.41, 5.74) is 0.999. The highest BCUT2D eigenvalue weighted by molar-refractivity contribution is 7.99. The number of benzene rings is 2. The normalized spacial score (nSPS) is 16.7. The van der Waals surface area contributed by atoms with Crippen LogP contribution < -0.4 is 9.64 Å². The SMILES string of the molecule is COc1ccc(C(C)(O)c2nc(N3CCSC3)nc3ccccc23)cc1. The first-order chi connectivity index (χ1) is 12.6. The van der Waals surface area contributed by atoms with Crippen molar-refractivity contribution in [3.63, 3.8) is 0 Å². The van der Waals surface area contributed by atoms with Crippen molar-refractivity contribution in [2.45, 2.75) is 12.5 Å². The maximum Gasteiger partial charge on any atom is 0.226 e. The van der Waals surface area contributed by atoms with E-state index in [1.165, 1.54) is 0 Å². The lowest BCUT2D eigenvalue weighted by Crippen LogP contribution is -2.28. The second-order valence-corrected chi connectivity index (χ2v) is 7.57. The van der Waals surface area contributed by atoms with Crippen LogP contribution in [0.1, 0.15) is 18.2 Å². The third-order valence-electron chi connectivity index (χ3n) is 4.74. The predicted octanol–water partition coefficient (Wildman–Crippen LogP) is 3.40. The number of para-hydroxylation sites is 1. The molecule has 1 unspecified atom stereocenters. The molecule has 5 nitrogen and oxygen atoms in total. The Morgan fingerprint density at radius 1 is 1.12 bits per heavy atom. The summed E-state index contributed by atoms with van der Waals surface area (Å²) < 4.78 is 5.23. The molecule has 4 rings (SSSR count). The molecule has 1 aromatic heterocycles. The largest absolute Gasteiger partial charge is 0.497 e. The maximum absolute atomic E-state index is 11.4. The minimum Gasteiger partial charge on any atom is -0.497 e. The average Bonchev–Trinajstić information content (AvgIpc) is 3.22. The van der Waals surface area contributed by atoms with E-state index in [0.717, 1.165) is 40.4 Å². The van der Waals surface area contributed by atoms with Crippen LogP contribution in [0.4, 0.5) is 5.95 Å². The molecular weight excluding hydrogens is 346 g/mol. The number of fused-ring (bicyclic) bond motifs is 1. The minimum atomic E-state index is -1.24. The number of anilines is 1. The molecular formula is C20H21N3O2S. The van der Waals surface area contributed by atoms with Crippen LogP contribution in [-0.2, 0) is 5.60 Å². The number of hydrogen-bond donors (Lipinski definition) is 1. The van der Waals surface area contributed by atoms with Crippen molar-refractivity contribution in [3.8, 4) is 5.75 Å². The predicted molar refractivity (Wildman–Crippen MR) is 106 cm³/mol. The molecule has 1 fully saturated rings. The van der Waals surface area contributed by atoms with E-state index in [0.29, 0.717) is 11.6 Å². The Balaban J connectivity index is 1.87. The van der Waals surface area contributed by atoms with Gasteiger partial charge in [-0.2, -0.15) is 0 Å². The van der Waals surface area contributed by atoms with E-state index in [-0.39, 0.29) is 0 Å². The van der Waals surface area contributed by atoms with Gasteiger partial charge in [-0.05, 0) is 30.7 Å². The minimum absolute atomic E-state index is 0.625. The number of nitrogens with zero attached hydrogens (tertiary/aromatic N) is 3. The van der Waals surface area contributed by atoms with Gasteiger partial charge in [-0.25, -0.2) is 9.97 Å². The van der Waals surface area contributed by atoms with E-state index in [4.69, 9.17) is 14.7 Å². The molecule has 1 N–H and O–H groups in total. The molecule has 2 heterocycles. The topological polar surface area (TPSA) is 58.5 Å². The molecule has 26 heavy (non-hydrogen) atoms. The molecule has 134 valence electrons. The van der Waals surface area contributed by atoms with E-state index in [9.17, 15) is 5.11 Å². The monoisotopic (exact) mass is 367 g/mol. The second kappa shape index (κ2) is 6.78. The van der Waals surface area contributed by atoms with Gasteiger partial charge < -0.3 is 14.7 Å². The second-order valence-electron chi connectivity index (χ2n) is 6.49. The lowest BCUT2D eigenvalue weighted by Gasteiger charge is -2.26. The number of rotatable bonds is 4. The molecule has 0 spiro atoms. The lowest BCUT2D eigenvalue weighted by atomic mass is 9.90. The van der Waals surface area contributed by atoms with Crippen LogP contribution >= 0.6 is 11.8 Å². The standard InChI is InChI=1S/C20H21N3O2S/c1-20(24,14-7-9-15(25-2)10-8-14)18-16-5-3-4-6-17(16)21-19(22-18)23-11-12-26-13-23/h3-10,24H,11-13H2,1-2H3. The van der Waals surface area contributed by atoms with Crippen molar-refractivity contribution < 1.29 is 9.84 Å². The molecule has 0 saturated carbocycles. The molecule has 0 amide bonds. The summed E-state index contributed by atoms with van der Waals surface area (Å²) in [5.74, 6) is 3.38. The number of thioether (sulfide) groups is 1. The maximum atomic E-state index is 11.4. The van der Waals surface area contributed by atoms with Gasteiger partial charge in [-0.3, -0.25) is 0 Å². The third kappa shape index (κ3) is 2.99. The Labute approximate surface area is 157 Å². The van der Waals surface area contributed by atoms with Gasteiger partial charge in [0.15, 0.2) is 0 Å². The van der Waals surface area contributed by atoms with E-state index in [1.54, 1.807) is 14.0 Å². The highest BCUT2D eigenvalue weighted by Gasteiger charge is 2.31. The zero-order valence-electron chi connectivity index (χ0n) is 14.8. The Kier molecular flexibility index (Phi) is 4.46. The molecule has 0 bridgehead atoms. The van der Waals surface area contributed by atoms with Crippen LogP contribution in [0, 0.1) is 0 Å². The summed E-state index contributed by atoms with van der Waals surface area (Å²) >= 11 is 1.87. The zero-order chi connectivity index (χ0) is 18.1. The van der Waals surface area contributed by atoms with Crippen molar-refractivity contribution in [2.75, 3.05) is 30.2 Å². The number of methoxy groups -OCH3 is 1. The van der Waals surface area contributed by atoms with Crippen LogP contribution in [0.15, 0.2) is 48.5 Å². The number of aliphatic hydroxyl groups is 1.